The smallest absolute Gasteiger partial charge is 0.259 e. The Morgan fingerprint density at radius 1 is 1.25 bits per heavy atom. The molecule has 2 aromatic rings. The van der Waals surface area contributed by atoms with Gasteiger partial charge >= 0.3 is 0 Å². The lowest BCUT2D eigenvalue weighted by Crippen LogP contribution is -2.42. The van der Waals surface area contributed by atoms with E-state index in [-0.39, 0.29) is 0 Å². The molecular weight excluding hydrogens is 357 g/mol. The maximum atomic E-state index is 13.6. The molecule has 2 aliphatic heterocycles. The van der Waals surface area contributed by atoms with Gasteiger partial charge in [-0.3, -0.25) is 5.43 Å². The lowest BCUT2D eigenvalue weighted by atomic mass is 10.0. The number of alkyl halides is 1. The summed E-state index contributed by atoms with van der Waals surface area (Å²) in [5, 5.41) is 4.48. The van der Waals surface area contributed by atoms with Crippen molar-refractivity contribution in [2.24, 2.45) is 5.10 Å². The molecule has 1 saturated heterocycles. The molecule has 6 nitrogen and oxygen atoms in total. The highest BCUT2D eigenvalue weighted by atomic mass is 19.1. The molecule has 2 fully saturated rings. The minimum Gasteiger partial charge on any atom is -0.462 e. The average Bonchev–Trinajstić information content (AvgIpc) is 3.45. The summed E-state index contributed by atoms with van der Waals surface area (Å²) < 4.78 is 19.8. The Hall–Kier alpha value is -2.96. The third-order valence-electron chi connectivity index (χ3n) is 5.30. The zero-order valence-corrected chi connectivity index (χ0v) is 15.7. The molecule has 7 heteroatoms. The van der Waals surface area contributed by atoms with Gasteiger partial charge in [-0.1, -0.05) is 12.1 Å². The highest BCUT2D eigenvalue weighted by molar-refractivity contribution is 5.97. The van der Waals surface area contributed by atoms with Gasteiger partial charge in [0, 0.05) is 18.8 Å². The van der Waals surface area contributed by atoms with E-state index >= 15 is 0 Å². The summed E-state index contributed by atoms with van der Waals surface area (Å²) in [6.45, 7) is 3.02. The third kappa shape index (κ3) is 3.10. The standard InChI is InChI=1S/C21H22FN5O/c1-14-20(24-19-5-3-2-4-18(19)23-14)21(26-25-16-6-7-16)10-8-17(13-28-21)27-11-9-15(22)12-27/h2-5,8,10,13,15,26H,6-7,9,11-12H2,1H3/t15-,21?/m1/s1. The fourth-order valence-corrected chi connectivity index (χ4v) is 3.59. The van der Waals surface area contributed by atoms with Gasteiger partial charge in [-0.2, -0.15) is 5.10 Å². The first-order valence-electron chi connectivity index (χ1n) is 9.66. The quantitative estimate of drug-likeness (QED) is 0.826. The topological polar surface area (TPSA) is 62.6 Å². The Bertz CT molecular complexity index is 1010. The summed E-state index contributed by atoms with van der Waals surface area (Å²) in [4.78, 5) is 11.5. The first-order valence-corrected chi connectivity index (χ1v) is 9.66. The third-order valence-corrected chi connectivity index (χ3v) is 5.30. The molecule has 0 radical (unpaired) electrons. The number of hydrogen-bond acceptors (Lipinski definition) is 6. The van der Waals surface area contributed by atoms with Gasteiger partial charge in [0.25, 0.3) is 5.72 Å². The van der Waals surface area contributed by atoms with Crippen molar-refractivity contribution in [2.75, 3.05) is 13.1 Å². The molecule has 1 aliphatic carbocycles. The average molecular weight is 379 g/mol. The number of nitrogens with one attached hydrogen (secondary N) is 1. The van der Waals surface area contributed by atoms with E-state index in [0.717, 1.165) is 41.0 Å². The first kappa shape index (κ1) is 17.2. The van der Waals surface area contributed by atoms with E-state index in [1.807, 2.05) is 48.2 Å². The second kappa shape index (κ2) is 6.58. The molecule has 1 saturated carbocycles. The molecule has 2 atom stereocenters. The van der Waals surface area contributed by atoms with Crippen LogP contribution in [0.1, 0.15) is 30.7 Å². The predicted molar refractivity (Wildman–Crippen MR) is 105 cm³/mol. The lowest BCUT2D eigenvalue weighted by Gasteiger charge is -2.34. The normalized spacial score (nSPS) is 26.2. The summed E-state index contributed by atoms with van der Waals surface area (Å²) in [6, 6.07) is 7.77. The van der Waals surface area contributed by atoms with Crippen LogP contribution in [-0.2, 0) is 10.5 Å². The van der Waals surface area contributed by atoms with E-state index < -0.39 is 11.9 Å². The number of nitrogens with zero attached hydrogens (tertiary/aromatic N) is 4. The van der Waals surface area contributed by atoms with Gasteiger partial charge in [-0.15, -0.1) is 0 Å². The molecule has 144 valence electrons. The summed E-state index contributed by atoms with van der Waals surface area (Å²) in [7, 11) is 0. The van der Waals surface area contributed by atoms with Crippen LogP contribution in [0.4, 0.5) is 4.39 Å². The number of allylic oxidation sites excluding steroid dienone is 1. The highest BCUT2D eigenvalue weighted by Gasteiger charge is 2.38. The Balaban J connectivity index is 1.52. The number of hydrazone groups is 1. The van der Waals surface area contributed by atoms with Crippen LogP contribution in [0.5, 0.6) is 0 Å². The van der Waals surface area contributed by atoms with E-state index in [1.165, 1.54) is 0 Å². The predicted octanol–water partition coefficient (Wildman–Crippen LogP) is 3.30. The number of hydrogen-bond donors (Lipinski definition) is 1. The maximum Gasteiger partial charge on any atom is 0.259 e. The Morgan fingerprint density at radius 2 is 2.04 bits per heavy atom. The van der Waals surface area contributed by atoms with Crippen LogP contribution in [0.25, 0.3) is 11.0 Å². The first-order chi connectivity index (χ1) is 13.6. The van der Waals surface area contributed by atoms with Crippen molar-refractivity contribution in [3.8, 4) is 0 Å². The molecule has 0 amide bonds. The molecule has 3 heterocycles. The van der Waals surface area contributed by atoms with E-state index in [2.05, 4.69) is 10.5 Å². The second-order valence-corrected chi connectivity index (χ2v) is 7.50. The number of benzene rings is 1. The number of likely N-dealkylation sites (tertiary alicyclic amines) is 1. The Morgan fingerprint density at radius 3 is 2.68 bits per heavy atom. The van der Waals surface area contributed by atoms with Gasteiger partial charge in [0.05, 0.1) is 22.4 Å². The Labute approximate surface area is 162 Å². The number of ether oxygens (including phenoxy) is 1. The second-order valence-electron chi connectivity index (χ2n) is 7.50. The van der Waals surface area contributed by atoms with Gasteiger partial charge in [-0.25, -0.2) is 14.4 Å². The summed E-state index contributed by atoms with van der Waals surface area (Å²) >= 11 is 0. The summed E-state index contributed by atoms with van der Waals surface area (Å²) in [6.07, 6.45) is 7.31. The van der Waals surface area contributed by atoms with Crippen molar-refractivity contribution in [2.45, 2.75) is 38.1 Å². The fourth-order valence-electron chi connectivity index (χ4n) is 3.59. The van der Waals surface area contributed by atoms with Crippen LogP contribution >= 0.6 is 0 Å². The molecule has 1 unspecified atom stereocenters. The summed E-state index contributed by atoms with van der Waals surface area (Å²) in [5.41, 5.74) is 7.21. The van der Waals surface area contributed by atoms with E-state index in [4.69, 9.17) is 14.7 Å². The zero-order chi connectivity index (χ0) is 19.1. The van der Waals surface area contributed by atoms with Crippen molar-refractivity contribution in [3.63, 3.8) is 0 Å². The molecular formula is C21H22FN5O. The Kier molecular flexibility index (Phi) is 4.03. The van der Waals surface area contributed by atoms with Gasteiger partial charge in [-0.05, 0) is 50.5 Å². The van der Waals surface area contributed by atoms with Crippen molar-refractivity contribution < 1.29 is 9.13 Å². The van der Waals surface area contributed by atoms with Crippen LogP contribution in [0.3, 0.4) is 0 Å². The molecule has 0 spiro atoms. The van der Waals surface area contributed by atoms with E-state index in [9.17, 15) is 4.39 Å². The minimum atomic E-state index is -1.03. The van der Waals surface area contributed by atoms with Crippen LogP contribution in [-0.4, -0.2) is 39.8 Å². The lowest BCUT2D eigenvalue weighted by molar-refractivity contribution is 0.0199. The van der Waals surface area contributed by atoms with Crippen LogP contribution in [0.2, 0.25) is 0 Å². The zero-order valence-electron chi connectivity index (χ0n) is 15.7. The summed E-state index contributed by atoms with van der Waals surface area (Å²) in [5.74, 6) is 0. The number of halogens is 1. The van der Waals surface area contributed by atoms with Crippen molar-refractivity contribution >= 4 is 16.7 Å². The monoisotopic (exact) mass is 379 g/mol. The molecule has 5 rings (SSSR count). The van der Waals surface area contributed by atoms with E-state index in [1.54, 1.807) is 6.26 Å². The molecule has 3 aliphatic rings. The molecule has 0 bridgehead atoms. The van der Waals surface area contributed by atoms with Gasteiger partial charge in [0.15, 0.2) is 0 Å². The van der Waals surface area contributed by atoms with Gasteiger partial charge in [0.2, 0.25) is 0 Å². The van der Waals surface area contributed by atoms with Crippen LogP contribution in [0.15, 0.2) is 53.5 Å². The van der Waals surface area contributed by atoms with Crippen LogP contribution < -0.4 is 5.43 Å². The molecule has 1 aromatic carbocycles. The van der Waals surface area contributed by atoms with Gasteiger partial charge in [0.1, 0.15) is 18.1 Å². The largest absolute Gasteiger partial charge is 0.462 e. The number of aryl methyl sites for hydroxylation is 1. The van der Waals surface area contributed by atoms with Crippen molar-refractivity contribution in [1.29, 1.82) is 0 Å². The number of rotatable bonds is 4. The maximum absolute atomic E-state index is 13.6. The number of fused-ring (bicyclic) bond motifs is 1. The van der Waals surface area contributed by atoms with Crippen molar-refractivity contribution in [3.05, 3.63) is 59.8 Å². The van der Waals surface area contributed by atoms with Gasteiger partial charge < -0.3 is 9.64 Å². The highest BCUT2D eigenvalue weighted by Crippen LogP contribution is 2.33. The van der Waals surface area contributed by atoms with Crippen molar-refractivity contribution in [1.82, 2.24) is 20.3 Å². The minimum absolute atomic E-state index is 0.400. The fraction of sp³-hybridized carbons (Fsp3) is 0.381. The molecule has 28 heavy (non-hydrogen) atoms. The van der Waals surface area contributed by atoms with E-state index in [0.29, 0.717) is 25.2 Å². The molecule has 1 N–H and O–H groups in total. The van der Waals surface area contributed by atoms with Crippen LogP contribution in [0, 0.1) is 6.92 Å². The SMILES string of the molecule is Cc1nc2ccccc2nc1C1(NN=C2CC2)C=CC(N2CC[C@@H](F)C2)=CO1. The molecule has 1 aromatic heterocycles. The number of para-hydroxylation sites is 2. The number of aromatic nitrogens is 2.